The van der Waals surface area contributed by atoms with Crippen molar-refractivity contribution in [2.45, 2.75) is 25.8 Å². The summed E-state index contributed by atoms with van der Waals surface area (Å²) in [6, 6.07) is 9.06. The van der Waals surface area contributed by atoms with E-state index in [1.165, 1.54) is 18.5 Å². The molecular formula is C17H28N2O2. The molecular weight excluding hydrogens is 264 g/mol. The lowest BCUT2D eigenvalue weighted by atomic mass is 10.0. The fourth-order valence-corrected chi connectivity index (χ4v) is 2.89. The molecule has 1 heterocycles. The van der Waals surface area contributed by atoms with Crippen molar-refractivity contribution in [1.82, 2.24) is 4.90 Å². The molecule has 1 aliphatic rings. The Morgan fingerprint density at radius 2 is 1.86 bits per heavy atom. The number of benzene rings is 1. The first-order chi connectivity index (χ1) is 10.2. The monoisotopic (exact) mass is 292 g/mol. The molecule has 0 N–H and O–H groups in total. The molecule has 2 rings (SSSR count). The molecule has 0 aliphatic carbocycles. The Morgan fingerprint density at radius 1 is 1.19 bits per heavy atom. The highest BCUT2D eigenvalue weighted by molar-refractivity contribution is 5.49. The highest BCUT2D eigenvalue weighted by atomic mass is 16.5. The summed E-state index contributed by atoms with van der Waals surface area (Å²) < 4.78 is 10.7. The van der Waals surface area contributed by atoms with Gasteiger partial charge in [0.15, 0.2) is 0 Å². The normalized spacial score (nSPS) is 16.5. The highest BCUT2D eigenvalue weighted by Gasteiger charge is 2.22. The first-order valence-corrected chi connectivity index (χ1v) is 7.91. The third-order valence-corrected chi connectivity index (χ3v) is 4.32. The van der Waals surface area contributed by atoms with E-state index in [0.29, 0.717) is 6.04 Å². The van der Waals surface area contributed by atoms with E-state index in [1.54, 1.807) is 7.11 Å². The molecule has 1 aromatic rings. The SMILES string of the molecule is CCOCCN(C)C1CCN(c2ccc(OC)cc2)CC1. The van der Waals surface area contributed by atoms with Crippen LogP contribution in [0.25, 0.3) is 0 Å². The summed E-state index contributed by atoms with van der Waals surface area (Å²) in [7, 11) is 3.92. The number of anilines is 1. The van der Waals surface area contributed by atoms with E-state index in [-0.39, 0.29) is 0 Å². The molecule has 0 unspecified atom stereocenters. The highest BCUT2D eigenvalue weighted by Crippen LogP contribution is 2.24. The number of ether oxygens (including phenoxy) is 2. The van der Waals surface area contributed by atoms with Crippen molar-refractivity contribution in [3.8, 4) is 5.75 Å². The molecule has 0 aromatic heterocycles. The molecule has 1 aliphatic heterocycles. The van der Waals surface area contributed by atoms with Gasteiger partial charge >= 0.3 is 0 Å². The van der Waals surface area contributed by atoms with Crippen molar-refractivity contribution in [2.24, 2.45) is 0 Å². The average molecular weight is 292 g/mol. The maximum Gasteiger partial charge on any atom is 0.119 e. The minimum Gasteiger partial charge on any atom is -0.497 e. The summed E-state index contributed by atoms with van der Waals surface area (Å²) in [4.78, 5) is 4.91. The van der Waals surface area contributed by atoms with Gasteiger partial charge in [-0.2, -0.15) is 0 Å². The van der Waals surface area contributed by atoms with Gasteiger partial charge in [0.1, 0.15) is 5.75 Å². The van der Waals surface area contributed by atoms with Crippen LogP contribution in [0.3, 0.4) is 0 Å². The van der Waals surface area contributed by atoms with Crippen LogP contribution in [-0.4, -0.2) is 57.9 Å². The minimum atomic E-state index is 0.681. The van der Waals surface area contributed by atoms with Crippen LogP contribution < -0.4 is 9.64 Å². The maximum atomic E-state index is 5.44. The molecule has 0 amide bonds. The van der Waals surface area contributed by atoms with Gasteiger partial charge in [0.2, 0.25) is 0 Å². The fourth-order valence-electron chi connectivity index (χ4n) is 2.89. The number of rotatable bonds is 7. The third-order valence-electron chi connectivity index (χ3n) is 4.32. The van der Waals surface area contributed by atoms with E-state index < -0.39 is 0 Å². The van der Waals surface area contributed by atoms with Gasteiger partial charge in [-0.25, -0.2) is 0 Å². The summed E-state index contributed by atoms with van der Waals surface area (Å²) >= 11 is 0. The van der Waals surface area contributed by atoms with Crippen LogP contribution in [0.1, 0.15) is 19.8 Å². The quantitative estimate of drug-likeness (QED) is 0.721. The number of piperidine rings is 1. The van der Waals surface area contributed by atoms with Crippen LogP contribution in [0.15, 0.2) is 24.3 Å². The van der Waals surface area contributed by atoms with Crippen LogP contribution in [0.2, 0.25) is 0 Å². The van der Waals surface area contributed by atoms with E-state index in [4.69, 9.17) is 9.47 Å². The Labute approximate surface area is 128 Å². The Hall–Kier alpha value is -1.26. The molecule has 118 valence electrons. The second kappa shape index (κ2) is 8.25. The molecule has 0 saturated carbocycles. The molecule has 1 saturated heterocycles. The zero-order chi connectivity index (χ0) is 15.1. The van der Waals surface area contributed by atoms with Crippen molar-refractivity contribution in [1.29, 1.82) is 0 Å². The van der Waals surface area contributed by atoms with E-state index in [1.807, 2.05) is 19.1 Å². The Bertz CT molecular complexity index is 400. The van der Waals surface area contributed by atoms with Crippen LogP contribution in [0, 0.1) is 0 Å². The zero-order valence-electron chi connectivity index (χ0n) is 13.5. The van der Waals surface area contributed by atoms with Gasteiger partial charge in [0, 0.05) is 38.0 Å². The lowest BCUT2D eigenvalue weighted by Crippen LogP contribution is -2.44. The maximum absolute atomic E-state index is 5.44. The summed E-state index contributed by atoms with van der Waals surface area (Å²) in [5.74, 6) is 0.921. The van der Waals surface area contributed by atoms with Gasteiger partial charge in [-0.05, 0) is 51.1 Å². The molecule has 21 heavy (non-hydrogen) atoms. The molecule has 4 heteroatoms. The van der Waals surface area contributed by atoms with Crippen LogP contribution in [-0.2, 0) is 4.74 Å². The number of hydrogen-bond donors (Lipinski definition) is 0. The predicted molar refractivity (Wildman–Crippen MR) is 87.4 cm³/mol. The molecule has 0 spiro atoms. The minimum absolute atomic E-state index is 0.681. The molecule has 1 fully saturated rings. The van der Waals surface area contributed by atoms with Gasteiger partial charge < -0.3 is 19.3 Å². The summed E-state index contributed by atoms with van der Waals surface area (Å²) in [6.07, 6.45) is 2.43. The van der Waals surface area contributed by atoms with Gasteiger partial charge in [0.05, 0.1) is 13.7 Å². The lowest BCUT2D eigenvalue weighted by molar-refractivity contribution is 0.101. The van der Waals surface area contributed by atoms with E-state index in [0.717, 1.165) is 38.6 Å². The summed E-state index contributed by atoms with van der Waals surface area (Å²) in [6.45, 7) is 6.97. The van der Waals surface area contributed by atoms with E-state index >= 15 is 0 Å². The molecule has 0 atom stereocenters. The summed E-state index contributed by atoms with van der Waals surface area (Å²) in [5.41, 5.74) is 1.30. The van der Waals surface area contributed by atoms with Gasteiger partial charge in [0.25, 0.3) is 0 Å². The van der Waals surface area contributed by atoms with Gasteiger partial charge in [-0.15, -0.1) is 0 Å². The van der Waals surface area contributed by atoms with Crippen molar-refractivity contribution in [2.75, 3.05) is 51.9 Å². The Balaban J connectivity index is 1.79. The number of nitrogens with zero attached hydrogens (tertiary/aromatic N) is 2. The third kappa shape index (κ3) is 4.61. The van der Waals surface area contributed by atoms with E-state index in [9.17, 15) is 0 Å². The van der Waals surface area contributed by atoms with Crippen molar-refractivity contribution in [3.05, 3.63) is 24.3 Å². The number of likely N-dealkylation sites (N-methyl/N-ethyl adjacent to an activating group) is 1. The number of methoxy groups -OCH3 is 1. The molecule has 0 bridgehead atoms. The van der Waals surface area contributed by atoms with Gasteiger partial charge in [-0.1, -0.05) is 0 Å². The smallest absolute Gasteiger partial charge is 0.119 e. The second-order valence-electron chi connectivity index (χ2n) is 5.59. The zero-order valence-corrected chi connectivity index (χ0v) is 13.5. The topological polar surface area (TPSA) is 24.9 Å². The molecule has 4 nitrogen and oxygen atoms in total. The van der Waals surface area contributed by atoms with Crippen LogP contribution in [0.4, 0.5) is 5.69 Å². The predicted octanol–water partition coefficient (Wildman–Crippen LogP) is 2.63. The first kappa shape index (κ1) is 16.1. The summed E-state index contributed by atoms with van der Waals surface area (Å²) in [5, 5.41) is 0. The van der Waals surface area contributed by atoms with Crippen LogP contribution in [0.5, 0.6) is 5.75 Å². The lowest BCUT2D eigenvalue weighted by Gasteiger charge is -2.37. The fraction of sp³-hybridized carbons (Fsp3) is 0.647. The van der Waals surface area contributed by atoms with Gasteiger partial charge in [-0.3, -0.25) is 0 Å². The average Bonchev–Trinajstić information content (AvgIpc) is 2.55. The Morgan fingerprint density at radius 3 is 2.43 bits per heavy atom. The van der Waals surface area contributed by atoms with Crippen molar-refractivity contribution >= 4 is 5.69 Å². The van der Waals surface area contributed by atoms with Crippen molar-refractivity contribution < 1.29 is 9.47 Å². The van der Waals surface area contributed by atoms with Crippen molar-refractivity contribution in [3.63, 3.8) is 0 Å². The molecule has 0 radical (unpaired) electrons. The molecule has 1 aromatic carbocycles. The Kier molecular flexibility index (Phi) is 6.33. The van der Waals surface area contributed by atoms with E-state index in [2.05, 4.69) is 29.0 Å². The largest absolute Gasteiger partial charge is 0.497 e. The standard InChI is InChI=1S/C17H28N2O2/c1-4-21-14-13-18(2)15-9-11-19(12-10-15)16-5-7-17(20-3)8-6-16/h5-8,15H,4,9-14H2,1-3H3. The second-order valence-corrected chi connectivity index (χ2v) is 5.59. The van der Waals surface area contributed by atoms with Crippen LogP contribution >= 0.6 is 0 Å². The first-order valence-electron chi connectivity index (χ1n) is 7.91. The number of hydrogen-bond acceptors (Lipinski definition) is 4.